The summed E-state index contributed by atoms with van der Waals surface area (Å²) in [5.41, 5.74) is 5.38. The van der Waals surface area contributed by atoms with Crippen LogP contribution in [0.3, 0.4) is 0 Å². The lowest BCUT2D eigenvalue weighted by atomic mass is 9.99. The standard InChI is InChI=1S/C18H23N3/c1-3-19-13-16-6-4-10-20-18(16)21-11-5-7-15-12-14(2)8-9-17(15)21/h4,6,8-10,12,19H,3,5,7,11,13H2,1-2H3. The fraction of sp³-hybridized carbons (Fsp3) is 0.389. The van der Waals surface area contributed by atoms with Crippen molar-refractivity contribution < 1.29 is 0 Å². The van der Waals surface area contributed by atoms with Crippen LogP contribution in [0.5, 0.6) is 0 Å². The number of rotatable bonds is 4. The highest BCUT2D eigenvalue weighted by molar-refractivity contribution is 5.68. The highest BCUT2D eigenvalue weighted by Gasteiger charge is 2.21. The summed E-state index contributed by atoms with van der Waals surface area (Å²) in [5.74, 6) is 1.10. The molecular formula is C18H23N3. The molecule has 0 radical (unpaired) electrons. The molecule has 1 aliphatic heterocycles. The van der Waals surface area contributed by atoms with Gasteiger partial charge < -0.3 is 10.2 Å². The molecule has 0 spiro atoms. The van der Waals surface area contributed by atoms with E-state index in [-0.39, 0.29) is 0 Å². The molecule has 0 bridgehead atoms. The third kappa shape index (κ3) is 2.93. The van der Waals surface area contributed by atoms with Crippen LogP contribution in [0.4, 0.5) is 11.5 Å². The molecule has 0 saturated heterocycles. The second-order valence-electron chi connectivity index (χ2n) is 5.65. The highest BCUT2D eigenvalue weighted by Crippen LogP contribution is 2.34. The van der Waals surface area contributed by atoms with Crippen molar-refractivity contribution >= 4 is 11.5 Å². The average molecular weight is 281 g/mol. The summed E-state index contributed by atoms with van der Waals surface area (Å²) in [5, 5.41) is 3.41. The van der Waals surface area contributed by atoms with Gasteiger partial charge in [-0.05, 0) is 44.0 Å². The van der Waals surface area contributed by atoms with Gasteiger partial charge in [0.15, 0.2) is 0 Å². The number of aromatic nitrogens is 1. The number of aryl methyl sites for hydroxylation is 2. The third-order valence-corrected chi connectivity index (χ3v) is 4.04. The van der Waals surface area contributed by atoms with E-state index in [1.54, 1.807) is 0 Å². The van der Waals surface area contributed by atoms with Crippen LogP contribution in [-0.4, -0.2) is 18.1 Å². The normalized spacial score (nSPS) is 14.1. The molecule has 0 saturated carbocycles. The first-order valence-electron chi connectivity index (χ1n) is 7.81. The van der Waals surface area contributed by atoms with Crippen molar-refractivity contribution in [2.24, 2.45) is 0 Å². The monoisotopic (exact) mass is 281 g/mol. The Kier molecular flexibility index (Phi) is 4.20. The number of nitrogens with zero attached hydrogens (tertiary/aromatic N) is 2. The minimum Gasteiger partial charge on any atom is -0.326 e. The maximum absolute atomic E-state index is 4.66. The molecule has 1 aromatic heterocycles. The van der Waals surface area contributed by atoms with Crippen LogP contribution in [-0.2, 0) is 13.0 Å². The minimum atomic E-state index is 0.872. The Balaban J connectivity index is 1.99. The zero-order valence-electron chi connectivity index (χ0n) is 12.9. The largest absolute Gasteiger partial charge is 0.326 e. The fourth-order valence-electron chi connectivity index (χ4n) is 3.02. The van der Waals surface area contributed by atoms with Crippen LogP contribution in [0.1, 0.15) is 30.0 Å². The SMILES string of the molecule is CCNCc1cccnc1N1CCCc2cc(C)ccc21. The topological polar surface area (TPSA) is 28.2 Å². The molecule has 0 fully saturated rings. The second kappa shape index (κ2) is 6.27. The van der Waals surface area contributed by atoms with E-state index in [9.17, 15) is 0 Å². The van der Waals surface area contributed by atoms with Crippen LogP contribution in [0, 0.1) is 6.92 Å². The van der Waals surface area contributed by atoms with Gasteiger partial charge in [-0.3, -0.25) is 0 Å². The molecule has 3 nitrogen and oxygen atoms in total. The summed E-state index contributed by atoms with van der Waals surface area (Å²) < 4.78 is 0. The van der Waals surface area contributed by atoms with Gasteiger partial charge in [0, 0.05) is 30.5 Å². The zero-order valence-corrected chi connectivity index (χ0v) is 12.9. The minimum absolute atomic E-state index is 0.872. The van der Waals surface area contributed by atoms with Gasteiger partial charge in [0.2, 0.25) is 0 Å². The van der Waals surface area contributed by atoms with Gasteiger partial charge in [-0.15, -0.1) is 0 Å². The molecule has 3 rings (SSSR count). The van der Waals surface area contributed by atoms with Gasteiger partial charge in [0.1, 0.15) is 5.82 Å². The van der Waals surface area contributed by atoms with Crippen molar-refractivity contribution in [1.82, 2.24) is 10.3 Å². The van der Waals surface area contributed by atoms with E-state index in [1.165, 1.54) is 35.2 Å². The fourth-order valence-corrected chi connectivity index (χ4v) is 3.02. The number of fused-ring (bicyclic) bond motifs is 1. The molecule has 3 heteroatoms. The molecule has 110 valence electrons. The number of benzene rings is 1. The Morgan fingerprint density at radius 2 is 2.19 bits per heavy atom. The van der Waals surface area contributed by atoms with E-state index < -0.39 is 0 Å². The van der Waals surface area contributed by atoms with Crippen LogP contribution in [0.25, 0.3) is 0 Å². The van der Waals surface area contributed by atoms with Gasteiger partial charge in [-0.2, -0.15) is 0 Å². The number of hydrogen-bond donors (Lipinski definition) is 1. The van der Waals surface area contributed by atoms with Crippen LogP contribution in [0.2, 0.25) is 0 Å². The smallest absolute Gasteiger partial charge is 0.137 e. The average Bonchev–Trinajstić information content (AvgIpc) is 2.52. The Hall–Kier alpha value is -1.87. The summed E-state index contributed by atoms with van der Waals surface area (Å²) in [6.45, 7) is 7.19. The molecule has 2 heterocycles. The summed E-state index contributed by atoms with van der Waals surface area (Å²) in [6, 6.07) is 11.0. The first kappa shape index (κ1) is 14.1. The van der Waals surface area contributed by atoms with Crippen molar-refractivity contribution in [2.75, 3.05) is 18.0 Å². The second-order valence-corrected chi connectivity index (χ2v) is 5.65. The first-order valence-corrected chi connectivity index (χ1v) is 7.81. The Morgan fingerprint density at radius 1 is 1.29 bits per heavy atom. The Bertz CT molecular complexity index is 622. The van der Waals surface area contributed by atoms with Gasteiger partial charge in [0.05, 0.1) is 0 Å². The maximum Gasteiger partial charge on any atom is 0.137 e. The van der Waals surface area contributed by atoms with E-state index in [1.807, 2.05) is 12.3 Å². The van der Waals surface area contributed by atoms with E-state index in [0.29, 0.717) is 0 Å². The predicted octanol–water partition coefficient (Wildman–Crippen LogP) is 3.58. The van der Waals surface area contributed by atoms with Gasteiger partial charge in [-0.25, -0.2) is 4.98 Å². The van der Waals surface area contributed by atoms with Crippen LogP contribution in [0.15, 0.2) is 36.5 Å². The molecule has 1 aromatic carbocycles. The summed E-state index contributed by atoms with van der Waals surface area (Å²) >= 11 is 0. The molecule has 0 amide bonds. The summed E-state index contributed by atoms with van der Waals surface area (Å²) in [7, 11) is 0. The number of nitrogens with one attached hydrogen (secondary N) is 1. The zero-order chi connectivity index (χ0) is 14.7. The lowest BCUT2D eigenvalue weighted by Crippen LogP contribution is -2.27. The molecule has 0 atom stereocenters. The van der Waals surface area contributed by atoms with Crippen molar-refractivity contribution in [3.63, 3.8) is 0 Å². The quantitative estimate of drug-likeness (QED) is 0.928. The molecule has 21 heavy (non-hydrogen) atoms. The lowest BCUT2D eigenvalue weighted by molar-refractivity contribution is 0.712. The van der Waals surface area contributed by atoms with Gasteiger partial charge in [0.25, 0.3) is 0 Å². The van der Waals surface area contributed by atoms with Crippen molar-refractivity contribution in [1.29, 1.82) is 0 Å². The number of anilines is 2. The maximum atomic E-state index is 4.66. The third-order valence-electron chi connectivity index (χ3n) is 4.04. The molecule has 0 unspecified atom stereocenters. The lowest BCUT2D eigenvalue weighted by Gasteiger charge is -2.32. The Labute approximate surface area is 127 Å². The molecular weight excluding hydrogens is 258 g/mol. The van der Waals surface area contributed by atoms with Crippen molar-refractivity contribution in [3.8, 4) is 0 Å². The van der Waals surface area contributed by atoms with E-state index >= 15 is 0 Å². The van der Waals surface area contributed by atoms with Gasteiger partial charge in [-0.1, -0.05) is 30.7 Å². The first-order chi connectivity index (χ1) is 10.3. The van der Waals surface area contributed by atoms with Gasteiger partial charge >= 0.3 is 0 Å². The highest BCUT2D eigenvalue weighted by atomic mass is 15.2. The van der Waals surface area contributed by atoms with Crippen LogP contribution >= 0.6 is 0 Å². The number of hydrogen-bond acceptors (Lipinski definition) is 3. The molecule has 0 aliphatic carbocycles. The van der Waals surface area contributed by atoms with E-state index in [0.717, 1.165) is 25.5 Å². The van der Waals surface area contributed by atoms with Crippen LogP contribution < -0.4 is 10.2 Å². The summed E-state index contributed by atoms with van der Waals surface area (Å²) in [4.78, 5) is 7.04. The van der Waals surface area contributed by atoms with Crippen molar-refractivity contribution in [2.45, 2.75) is 33.2 Å². The predicted molar refractivity (Wildman–Crippen MR) is 88.1 cm³/mol. The molecule has 1 N–H and O–H groups in total. The van der Waals surface area contributed by atoms with Crippen molar-refractivity contribution in [3.05, 3.63) is 53.2 Å². The van der Waals surface area contributed by atoms with E-state index in [2.05, 4.69) is 53.3 Å². The molecule has 2 aromatic rings. The summed E-state index contributed by atoms with van der Waals surface area (Å²) in [6.07, 6.45) is 4.25. The van der Waals surface area contributed by atoms with E-state index in [4.69, 9.17) is 0 Å². The molecule has 1 aliphatic rings. The number of pyridine rings is 1. The Morgan fingerprint density at radius 3 is 3.05 bits per heavy atom.